The van der Waals surface area contributed by atoms with Crippen molar-refractivity contribution in [3.8, 4) is 5.75 Å². The maximum atomic E-state index is 12.2. The number of carbonyl (C=O) groups excluding carboxylic acids is 1. The number of phenols is 1. The summed E-state index contributed by atoms with van der Waals surface area (Å²) in [5, 5.41) is 12.4. The van der Waals surface area contributed by atoms with Gasteiger partial charge in [-0.3, -0.25) is 0 Å². The number of hydrogen-bond acceptors (Lipinski definition) is 4. The van der Waals surface area contributed by atoms with Crippen LogP contribution in [0, 0.1) is 6.92 Å². The zero-order valence-electron chi connectivity index (χ0n) is 26.8. The molecule has 0 aliphatic heterocycles. The first-order valence-corrected chi connectivity index (χ1v) is 18.5. The number of pyridine rings is 1. The lowest BCUT2D eigenvalue weighted by atomic mass is 10.1. The largest absolute Gasteiger partial charge is 1.00 e. The predicted octanol–water partition coefficient (Wildman–Crippen LogP) is 5.93. The summed E-state index contributed by atoms with van der Waals surface area (Å²) in [5.74, 6) is -0.133. The first-order chi connectivity index (χ1) is 21.6. The molecule has 4 aromatic rings. The van der Waals surface area contributed by atoms with E-state index in [1.807, 2.05) is 19.2 Å². The lowest BCUT2D eigenvalue weighted by Gasteiger charge is -2.26. The molecule has 6 heteroatoms. The van der Waals surface area contributed by atoms with Crippen LogP contribution < -0.4 is 33.0 Å². The summed E-state index contributed by atoms with van der Waals surface area (Å²) in [4.78, 5) is 17.1. The second-order valence-electron chi connectivity index (χ2n) is 11.8. The number of halogens is 1. The highest BCUT2D eigenvalue weighted by Crippen LogP contribution is 2.55. The Kier molecular flexibility index (Phi) is 16.4. The second-order valence-corrected chi connectivity index (χ2v) is 15.3. The molecule has 0 unspecified atom stereocenters. The first-order valence-electron chi connectivity index (χ1n) is 16.5. The fourth-order valence-corrected chi connectivity index (χ4v) is 10.3. The van der Waals surface area contributed by atoms with Crippen LogP contribution in [0.2, 0.25) is 0 Å². The Bertz CT molecular complexity index is 1290. The highest BCUT2D eigenvalue weighted by atomic mass is 79.9. The third kappa shape index (κ3) is 11.1. The highest BCUT2D eigenvalue weighted by Gasteiger charge is 2.45. The van der Waals surface area contributed by atoms with Gasteiger partial charge >= 0.3 is 5.97 Å². The maximum Gasteiger partial charge on any atom is 0.338 e. The number of aromatic hydroxyl groups is 1. The van der Waals surface area contributed by atoms with Crippen LogP contribution in [0.15, 0.2) is 103 Å². The molecule has 0 saturated heterocycles. The fourth-order valence-electron chi connectivity index (χ4n) is 6.07. The van der Waals surface area contributed by atoms with Crippen molar-refractivity contribution in [2.24, 2.45) is 0 Å². The van der Waals surface area contributed by atoms with Gasteiger partial charge in [0.15, 0.2) is 5.44 Å². The van der Waals surface area contributed by atoms with Crippen LogP contribution in [0.5, 0.6) is 5.75 Å². The van der Waals surface area contributed by atoms with E-state index in [-0.39, 0.29) is 28.7 Å². The van der Waals surface area contributed by atoms with Gasteiger partial charge in [-0.1, -0.05) is 100 Å². The minimum Gasteiger partial charge on any atom is -1.00 e. The van der Waals surface area contributed by atoms with Crippen molar-refractivity contribution in [3.05, 3.63) is 114 Å². The zero-order chi connectivity index (χ0) is 30.9. The molecule has 1 N–H and O–H groups in total. The molecule has 1 aromatic heterocycles. The molecule has 1 heterocycles. The smallest absolute Gasteiger partial charge is 0.338 e. The first kappa shape index (κ1) is 36.5. The van der Waals surface area contributed by atoms with Gasteiger partial charge in [0.1, 0.15) is 23.6 Å². The number of benzene rings is 3. The van der Waals surface area contributed by atoms with Crippen molar-refractivity contribution in [2.75, 3.05) is 12.8 Å². The highest BCUT2D eigenvalue weighted by molar-refractivity contribution is 7.95. The zero-order valence-corrected chi connectivity index (χ0v) is 29.2. The Morgan fingerprint density at radius 3 is 1.69 bits per heavy atom. The number of carbonyl (C=O) groups is 1. The number of unbranched alkanes of at least 4 members (excludes halogenated alkanes) is 11. The number of rotatable bonds is 19. The third-order valence-corrected chi connectivity index (χ3v) is 12.9. The minimum absolute atomic E-state index is 0. The Morgan fingerprint density at radius 2 is 1.18 bits per heavy atom. The third-order valence-electron chi connectivity index (χ3n) is 8.49. The molecule has 0 fully saturated rings. The van der Waals surface area contributed by atoms with Crippen LogP contribution >= 0.6 is 7.26 Å². The molecule has 0 aliphatic rings. The van der Waals surface area contributed by atoms with E-state index in [2.05, 4.69) is 72.8 Å². The fraction of sp³-hybridized carbons (Fsp3) is 0.385. The van der Waals surface area contributed by atoms with Crippen LogP contribution in [-0.4, -0.2) is 28.8 Å². The van der Waals surface area contributed by atoms with Crippen LogP contribution in [-0.2, 0) is 4.74 Å². The molecule has 3 aromatic carbocycles. The minimum atomic E-state index is -1.80. The van der Waals surface area contributed by atoms with E-state index in [0.29, 0.717) is 12.2 Å². The molecule has 0 radical (unpaired) electrons. The van der Waals surface area contributed by atoms with Gasteiger partial charge in [-0.25, -0.2) is 9.78 Å². The Morgan fingerprint density at radius 1 is 0.667 bits per heavy atom. The van der Waals surface area contributed by atoms with Gasteiger partial charge in [0.25, 0.3) is 0 Å². The summed E-state index contributed by atoms with van der Waals surface area (Å²) in [7, 11) is -1.80. The standard InChI is InChI=1S/C39H48NO3P.BrH/c1-33-32-34(41)27-28-37(33)39(42)43-30-20-10-8-6-4-2-3-5-7-9-11-21-31-44(35-22-14-12-15-23-35,36-24-16-13-17-25-36)38-26-18-19-29-40-38;/h12-19,22-29,32H,2-11,20-21,30-31H2,1H3;1H. The number of esters is 1. The van der Waals surface area contributed by atoms with Crippen molar-refractivity contribution < 1.29 is 31.6 Å². The van der Waals surface area contributed by atoms with Crippen molar-refractivity contribution >= 4 is 29.3 Å². The van der Waals surface area contributed by atoms with Gasteiger partial charge < -0.3 is 26.8 Å². The van der Waals surface area contributed by atoms with Gasteiger partial charge in [-0.05, 0) is 80.3 Å². The molecule has 0 saturated carbocycles. The van der Waals surface area contributed by atoms with Crippen molar-refractivity contribution in [1.82, 2.24) is 4.98 Å². The van der Waals surface area contributed by atoms with Crippen molar-refractivity contribution in [1.29, 1.82) is 0 Å². The van der Waals surface area contributed by atoms with Gasteiger partial charge in [0, 0.05) is 12.3 Å². The molecule has 0 amide bonds. The van der Waals surface area contributed by atoms with E-state index in [1.54, 1.807) is 12.1 Å². The van der Waals surface area contributed by atoms with E-state index in [4.69, 9.17) is 9.72 Å². The second kappa shape index (κ2) is 20.2. The maximum absolute atomic E-state index is 12.2. The van der Waals surface area contributed by atoms with Crippen molar-refractivity contribution in [2.45, 2.75) is 84.0 Å². The van der Waals surface area contributed by atoms with E-state index in [1.165, 1.54) is 86.3 Å². The summed E-state index contributed by atoms with van der Waals surface area (Å²) in [5.41, 5.74) is 2.51. The van der Waals surface area contributed by atoms with Crippen molar-refractivity contribution in [3.63, 3.8) is 0 Å². The number of aromatic nitrogens is 1. The summed E-state index contributed by atoms with van der Waals surface area (Å²) in [6.45, 7) is 2.27. The number of ether oxygens (including phenoxy) is 1. The number of aryl methyl sites for hydroxylation is 1. The predicted molar refractivity (Wildman–Crippen MR) is 186 cm³/mol. The summed E-state index contributed by atoms with van der Waals surface area (Å²) in [6, 6.07) is 33.3. The Labute approximate surface area is 281 Å². The van der Waals surface area contributed by atoms with E-state index in [9.17, 15) is 9.90 Å². The monoisotopic (exact) mass is 689 g/mol. The molecule has 240 valence electrons. The molecular formula is C39H49BrNO3P. The van der Waals surface area contributed by atoms with Gasteiger partial charge in [0.2, 0.25) is 0 Å². The van der Waals surface area contributed by atoms with Gasteiger partial charge in [-0.2, -0.15) is 0 Å². The Hall–Kier alpha value is -3.01. The number of hydrogen-bond donors (Lipinski definition) is 1. The number of nitrogens with zero attached hydrogens (tertiary/aromatic N) is 1. The average molecular weight is 691 g/mol. The number of phenolic OH excluding ortho intramolecular Hbond substituents is 1. The molecular weight excluding hydrogens is 641 g/mol. The van der Waals surface area contributed by atoms with Crippen LogP contribution in [0.3, 0.4) is 0 Å². The molecule has 0 aliphatic carbocycles. The molecule has 0 atom stereocenters. The molecule has 0 spiro atoms. The quantitative estimate of drug-likeness (QED) is 0.0754. The van der Waals surface area contributed by atoms with Gasteiger partial charge in [0.05, 0.1) is 18.3 Å². The summed E-state index contributed by atoms with van der Waals surface area (Å²) in [6.07, 6.45) is 17.9. The SMILES string of the molecule is Cc1cc(O)ccc1C(=O)OCCCCCCCCCCCCCC[P+](c1ccccc1)(c1ccccc1)c1ccccn1.[Br-]. The molecule has 4 rings (SSSR count). The van der Waals surface area contributed by atoms with Crippen LogP contribution in [0.4, 0.5) is 0 Å². The van der Waals surface area contributed by atoms with Crippen LogP contribution in [0.25, 0.3) is 0 Å². The lowest BCUT2D eigenvalue weighted by molar-refractivity contribution is -0.0000286. The van der Waals surface area contributed by atoms with E-state index < -0.39 is 7.26 Å². The average Bonchev–Trinajstić information content (AvgIpc) is 3.06. The topological polar surface area (TPSA) is 59.4 Å². The normalized spacial score (nSPS) is 11.1. The Balaban J connectivity index is 0.00000552. The molecule has 45 heavy (non-hydrogen) atoms. The summed E-state index contributed by atoms with van der Waals surface area (Å²) < 4.78 is 5.41. The van der Waals surface area contributed by atoms with Gasteiger partial charge in [-0.15, -0.1) is 0 Å². The summed E-state index contributed by atoms with van der Waals surface area (Å²) >= 11 is 0. The van der Waals surface area contributed by atoms with E-state index >= 15 is 0 Å². The lowest BCUT2D eigenvalue weighted by Crippen LogP contribution is -3.00. The molecule has 4 nitrogen and oxygen atoms in total. The molecule has 0 bridgehead atoms. The van der Waals surface area contributed by atoms with E-state index in [0.717, 1.165) is 24.6 Å². The van der Waals surface area contributed by atoms with Crippen LogP contribution in [0.1, 0.15) is 93.0 Å².